The van der Waals surface area contributed by atoms with Crippen LogP contribution in [0.5, 0.6) is 5.75 Å². The lowest BCUT2D eigenvalue weighted by Crippen LogP contribution is -1.96. The number of rotatable bonds is 5. The minimum atomic E-state index is -0.360. The van der Waals surface area contributed by atoms with E-state index in [0.717, 1.165) is 11.8 Å². The molecule has 0 aliphatic heterocycles. The smallest absolute Gasteiger partial charge is 0.165 e. The van der Waals surface area contributed by atoms with Gasteiger partial charge in [-0.15, -0.1) is 0 Å². The summed E-state index contributed by atoms with van der Waals surface area (Å²) in [5.41, 5.74) is 0.918. The summed E-state index contributed by atoms with van der Waals surface area (Å²) in [6, 6.07) is 4.68. The minimum Gasteiger partial charge on any atom is -0.491 e. The van der Waals surface area contributed by atoms with Crippen molar-refractivity contribution in [2.45, 2.75) is 19.8 Å². The third kappa shape index (κ3) is 2.83. The molecule has 0 radical (unpaired) electrons. The molecule has 2 nitrogen and oxygen atoms in total. The molecule has 1 aromatic carbocycles. The first kappa shape index (κ1) is 10.7. The van der Waals surface area contributed by atoms with Gasteiger partial charge in [-0.25, -0.2) is 4.39 Å². The summed E-state index contributed by atoms with van der Waals surface area (Å²) in [6.07, 6.45) is 1.94. The van der Waals surface area contributed by atoms with E-state index >= 15 is 0 Å². The van der Waals surface area contributed by atoms with Gasteiger partial charge in [0.1, 0.15) is 6.29 Å². The first-order valence-corrected chi connectivity index (χ1v) is 4.62. The highest BCUT2D eigenvalue weighted by atomic mass is 19.1. The van der Waals surface area contributed by atoms with Gasteiger partial charge in [0.2, 0.25) is 0 Å². The first-order valence-electron chi connectivity index (χ1n) is 4.62. The second-order valence-corrected chi connectivity index (χ2v) is 2.90. The van der Waals surface area contributed by atoms with E-state index in [1.807, 2.05) is 0 Å². The van der Waals surface area contributed by atoms with E-state index in [2.05, 4.69) is 0 Å². The van der Waals surface area contributed by atoms with Crippen molar-refractivity contribution < 1.29 is 13.9 Å². The maximum Gasteiger partial charge on any atom is 0.165 e. The highest BCUT2D eigenvalue weighted by Gasteiger charge is 2.03. The van der Waals surface area contributed by atoms with Crippen molar-refractivity contribution >= 4 is 6.29 Å². The molecule has 0 amide bonds. The lowest BCUT2D eigenvalue weighted by molar-refractivity contribution is -0.107. The molecule has 0 aliphatic carbocycles. The second kappa shape index (κ2) is 5.37. The summed E-state index contributed by atoms with van der Waals surface area (Å²) in [5.74, 6) is -0.0994. The summed E-state index contributed by atoms with van der Waals surface area (Å²) in [7, 11) is 0. The normalized spacial score (nSPS) is 9.86. The summed E-state index contributed by atoms with van der Waals surface area (Å²) in [4.78, 5) is 10.2. The van der Waals surface area contributed by atoms with E-state index in [1.165, 1.54) is 6.07 Å². The van der Waals surface area contributed by atoms with E-state index in [1.54, 1.807) is 19.1 Å². The lowest BCUT2D eigenvalue weighted by Gasteiger charge is -2.06. The summed E-state index contributed by atoms with van der Waals surface area (Å²) in [5, 5.41) is 0. The number of carbonyl (C=O) groups is 1. The number of ether oxygens (including phenoxy) is 1. The SMILES string of the molecule is CCOc1cc(CCC=O)ccc1F. The van der Waals surface area contributed by atoms with Gasteiger partial charge < -0.3 is 9.53 Å². The molecular formula is C11H13FO2. The van der Waals surface area contributed by atoms with E-state index in [4.69, 9.17) is 4.74 Å². The van der Waals surface area contributed by atoms with Gasteiger partial charge in [0.25, 0.3) is 0 Å². The largest absolute Gasteiger partial charge is 0.491 e. The first-order chi connectivity index (χ1) is 6.77. The Hall–Kier alpha value is -1.38. The fourth-order valence-electron chi connectivity index (χ4n) is 1.19. The van der Waals surface area contributed by atoms with Gasteiger partial charge in [0, 0.05) is 6.42 Å². The van der Waals surface area contributed by atoms with Crippen LogP contribution in [0.2, 0.25) is 0 Å². The maximum atomic E-state index is 13.1. The second-order valence-electron chi connectivity index (χ2n) is 2.90. The topological polar surface area (TPSA) is 26.3 Å². The number of aryl methyl sites for hydroxylation is 1. The van der Waals surface area contributed by atoms with Crippen LogP contribution >= 0.6 is 0 Å². The van der Waals surface area contributed by atoms with Crippen LogP contribution in [0.3, 0.4) is 0 Å². The molecule has 0 aromatic heterocycles. The highest BCUT2D eigenvalue weighted by molar-refractivity contribution is 5.50. The van der Waals surface area contributed by atoms with Crippen LogP contribution in [0, 0.1) is 5.82 Å². The fourth-order valence-corrected chi connectivity index (χ4v) is 1.19. The average Bonchev–Trinajstić information content (AvgIpc) is 2.19. The standard InChI is InChI=1S/C11H13FO2/c1-2-14-11-8-9(4-3-7-13)5-6-10(11)12/h5-8H,2-4H2,1H3. The zero-order chi connectivity index (χ0) is 10.4. The quantitative estimate of drug-likeness (QED) is 0.676. The summed E-state index contributed by atoms with van der Waals surface area (Å²) in [6.45, 7) is 2.24. The number of carbonyl (C=O) groups excluding carboxylic acids is 1. The fraction of sp³-hybridized carbons (Fsp3) is 0.364. The Bertz CT molecular complexity index is 310. The Balaban J connectivity index is 2.77. The third-order valence-corrected chi connectivity index (χ3v) is 1.85. The van der Waals surface area contributed by atoms with Crippen molar-refractivity contribution in [3.8, 4) is 5.75 Å². The molecule has 0 N–H and O–H groups in total. The maximum absolute atomic E-state index is 13.1. The van der Waals surface area contributed by atoms with Crippen LogP contribution in [-0.4, -0.2) is 12.9 Å². The predicted molar refractivity (Wildman–Crippen MR) is 52.0 cm³/mol. The Morgan fingerprint density at radius 1 is 1.50 bits per heavy atom. The van der Waals surface area contributed by atoms with Gasteiger partial charge in [0.15, 0.2) is 11.6 Å². The monoisotopic (exact) mass is 196 g/mol. The number of aldehydes is 1. The van der Waals surface area contributed by atoms with Crippen molar-refractivity contribution in [2.75, 3.05) is 6.61 Å². The molecule has 0 spiro atoms. The van der Waals surface area contributed by atoms with Gasteiger partial charge >= 0.3 is 0 Å². The Morgan fingerprint density at radius 2 is 2.29 bits per heavy atom. The van der Waals surface area contributed by atoms with E-state index in [-0.39, 0.29) is 11.6 Å². The van der Waals surface area contributed by atoms with Crippen molar-refractivity contribution in [3.05, 3.63) is 29.6 Å². The van der Waals surface area contributed by atoms with Crippen LogP contribution in [0.25, 0.3) is 0 Å². The molecule has 0 fully saturated rings. The van der Waals surface area contributed by atoms with Crippen molar-refractivity contribution in [2.24, 2.45) is 0 Å². The van der Waals surface area contributed by atoms with Crippen LogP contribution in [0.15, 0.2) is 18.2 Å². The Kier molecular flexibility index (Phi) is 4.11. The van der Waals surface area contributed by atoms with E-state index in [9.17, 15) is 9.18 Å². The molecule has 14 heavy (non-hydrogen) atoms. The molecule has 0 heterocycles. The zero-order valence-corrected chi connectivity index (χ0v) is 8.13. The van der Waals surface area contributed by atoms with Crippen molar-refractivity contribution in [1.29, 1.82) is 0 Å². The molecule has 0 unspecified atom stereocenters. The van der Waals surface area contributed by atoms with Gasteiger partial charge in [-0.3, -0.25) is 0 Å². The molecular weight excluding hydrogens is 183 g/mol. The predicted octanol–water partition coefficient (Wildman–Crippen LogP) is 2.36. The third-order valence-electron chi connectivity index (χ3n) is 1.85. The molecule has 0 atom stereocenters. The molecule has 1 rings (SSSR count). The van der Waals surface area contributed by atoms with Crippen LogP contribution in [0.4, 0.5) is 4.39 Å². The van der Waals surface area contributed by atoms with Crippen LogP contribution in [-0.2, 0) is 11.2 Å². The number of hydrogen-bond donors (Lipinski definition) is 0. The Labute approximate surface area is 82.7 Å². The molecule has 0 saturated heterocycles. The van der Waals surface area contributed by atoms with E-state index in [0.29, 0.717) is 19.4 Å². The van der Waals surface area contributed by atoms with Crippen molar-refractivity contribution in [3.63, 3.8) is 0 Å². The molecule has 0 bridgehead atoms. The lowest BCUT2D eigenvalue weighted by atomic mass is 10.1. The van der Waals surface area contributed by atoms with Gasteiger partial charge in [-0.1, -0.05) is 6.07 Å². The highest BCUT2D eigenvalue weighted by Crippen LogP contribution is 2.19. The summed E-state index contributed by atoms with van der Waals surface area (Å²) < 4.78 is 18.2. The molecule has 76 valence electrons. The van der Waals surface area contributed by atoms with Crippen LogP contribution in [0.1, 0.15) is 18.9 Å². The van der Waals surface area contributed by atoms with Gasteiger partial charge in [-0.2, -0.15) is 0 Å². The van der Waals surface area contributed by atoms with Gasteiger partial charge in [-0.05, 0) is 31.0 Å². The number of hydrogen-bond acceptors (Lipinski definition) is 2. The number of benzene rings is 1. The van der Waals surface area contributed by atoms with Gasteiger partial charge in [0.05, 0.1) is 6.61 Å². The minimum absolute atomic E-state index is 0.260. The van der Waals surface area contributed by atoms with Crippen molar-refractivity contribution in [1.82, 2.24) is 0 Å². The molecule has 0 aliphatic rings. The molecule has 0 saturated carbocycles. The van der Waals surface area contributed by atoms with E-state index < -0.39 is 0 Å². The van der Waals surface area contributed by atoms with Crippen LogP contribution < -0.4 is 4.74 Å². The number of halogens is 1. The average molecular weight is 196 g/mol. The molecule has 1 aromatic rings. The molecule has 3 heteroatoms. The Morgan fingerprint density at radius 3 is 2.93 bits per heavy atom. The zero-order valence-electron chi connectivity index (χ0n) is 8.13. The summed E-state index contributed by atoms with van der Waals surface area (Å²) >= 11 is 0.